The summed E-state index contributed by atoms with van der Waals surface area (Å²) >= 11 is 8.24. The minimum Gasteiger partial charge on any atom is -0.326 e. The smallest absolute Gasteiger partial charge is 0.321 e. The zero-order valence-corrected chi connectivity index (χ0v) is 23.7. The van der Waals surface area contributed by atoms with E-state index in [0.717, 1.165) is 52.5 Å². The largest absolute Gasteiger partial charge is 0.326 e. The van der Waals surface area contributed by atoms with Crippen molar-refractivity contribution in [1.82, 2.24) is 29.5 Å². The molecule has 2 N–H and O–H groups in total. The summed E-state index contributed by atoms with van der Waals surface area (Å²) in [6.45, 7) is 2.83. The van der Waals surface area contributed by atoms with Crippen LogP contribution in [-0.2, 0) is 17.6 Å². The number of aryl methyl sites for hydroxylation is 1. The lowest BCUT2D eigenvalue weighted by Gasteiger charge is -2.20. The number of benzene rings is 1. The lowest BCUT2D eigenvalue weighted by molar-refractivity contribution is -0.114. The van der Waals surface area contributed by atoms with Gasteiger partial charge in [-0.05, 0) is 57.3 Å². The predicted molar refractivity (Wildman–Crippen MR) is 155 cm³/mol. The van der Waals surface area contributed by atoms with Crippen LogP contribution in [0.4, 0.5) is 15.6 Å². The number of halogens is 1. The number of rotatable bonds is 7. The van der Waals surface area contributed by atoms with Crippen molar-refractivity contribution in [3.8, 4) is 27.5 Å². The Labute approximate surface area is 235 Å². The molecule has 10 nitrogen and oxygen atoms in total. The van der Waals surface area contributed by atoms with Gasteiger partial charge in [-0.25, -0.2) is 14.5 Å². The van der Waals surface area contributed by atoms with E-state index in [0.29, 0.717) is 28.1 Å². The van der Waals surface area contributed by atoms with E-state index < -0.39 is 0 Å². The van der Waals surface area contributed by atoms with Crippen molar-refractivity contribution in [1.29, 1.82) is 0 Å². The Balaban J connectivity index is 1.53. The average molecular weight is 565 g/mol. The summed E-state index contributed by atoms with van der Waals surface area (Å²) in [6.07, 6.45) is 5.00. The zero-order valence-electron chi connectivity index (χ0n) is 22.2. The van der Waals surface area contributed by atoms with Gasteiger partial charge < -0.3 is 20.4 Å². The number of pyridine rings is 1. The Morgan fingerprint density at radius 3 is 2.64 bits per heavy atom. The van der Waals surface area contributed by atoms with Gasteiger partial charge in [-0.3, -0.25) is 9.78 Å². The fourth-order valence-corrected chi connectivity index (χ4v) is 5.79. The molecule has 1 aliphatic carbocycles. The lowest BCUT2D eigenvalue weighted by atomic mass is 9.95. The van der Waals surface area contributed by atoms with Gasteiger partial charge in [0.25, 0.3) is 0 Å². The van der Waals surface area contributed by atoms with Gasteiger partial charge >= 0.3 is 6.03 Å². The van der Waals surface area contributed by atoms with Crippen molar-refractivity contribution in [3.63, 3.8) is 0 Å². The molecule has 0 aliphatic heterocycles. The predicted octanol–water partition coefficient (Wildman–Crippen LogP) is 4.79. The molecule has 3 amide bonds. The molecular weight excluding hydrogens is 536 g/mol. The van der Waals surface area contributed by atoms with Crippen LogP contribution in [0.15, 0.2) is 42.7 Å². The van der Waals surface area contributed by atoms with Crippen molar-refractivity contribution in [2.24, 2.45) is 0 Å². The first-order chi connectivity index (χ1) is 18.7. The van der Waals surface area contributed by atoms with Crippen molar-refractivity contribution >= 4 is 45.7 Å². The minimum atomic E-state index is -0.212. The highest BCUT2D eigenvalue weighted by atomic mass is 35.5. The maximum Gasteiger partial charge on any atom is 0.321 e. The number of amides is 3. The normalized spacial score (nSPS) is 12.2. The molecule has 0 atom stereocenters. The minimum absolute atomic E-state index is 0.168. The van der Waals surface area contributed by atoms with Crippen molar-refractivity contribution in [2.45, 2.75) is 19.8 Å². The number of thiazole rings is 1. The first kappa shape index (κ1) is 26.8. The van der Waals surface area contributed by atoms with Crippen LogP contribution in [0.5, 0.6) is 0 Å². The summed E-state index contributed by atoms with van der Waals surface area (Å²) in [6, 6.07) is 9.05. The molecule has 1 aromatic carbocycles. The van der Waals surface area contributed by atoms with Crippen LogP contribution in [0.2, 0.25) is 5.02 Å². The number of nitrogens with zero attached hydrogens (tertiary/aromatic N) is 6. The van der Waals surface area contributed by atoms with Crippen molar-refractivity contribution in [2.75, 3.05) is 44.9 Å². The molecule has 3 aromatic heterocycles. The van der Waals surface area contributed by atoms with Crippen LogP contribution in [0, 0.1) is 0 Å². The molecule has 0 saturated carbocycles. The molecule has 202 valence electrons. The van der Waals surface area contributed by atoms with Crippen LogP contribution in [0.25, 0.3) is 27.5 Å². The molecule has 0 radical (unpaired) electrons. The first-order valence-electron chi connectivity index (χ1n) is 12.5. The summed E-state index contributed by atoms with van der Waals surface area (Å²) in [5.41, 5.74) is 5.87. The Hall–Kier alpha value is -3.80. The topological polar surface area (TPSA) is 108 Å². The van der Waals surface area contributed by atoms with E-state index in [-0.39, 0.29) is 11.9 Å². The molecular formula is C27H29ClN8O2S. The van der Waals surface area contributed by atoms with E-state index in [1.54, 1.807) is 30.4 Å². The molecule has 5 rings (SSSR count). The van der Waals surface area contributed by atoms with E-state index in [4.69, 9.17) is 16.7 Å². The molecule has 0 spiro atoms. The number of nitrogens with one attached hydrogen (secondary N) is 2. The molecule has 0 saturated heterocycles. The summed E-state index contributed by atoms with van der Waals surface area (Å²) in [5.74, 6) is -0.168. The van der Waals surface area contributed by atoms with Gasteiger partial charge in [0.15, 0.2) is 5.13 Å². The molecule has 3 heterocycles. The monoisotopic (exact) mass is 564 g/mol. The fraction of sp³-hybridized carbons (Fsp3) is 0.296. The van der Waals surface area contributed by atoms with Crippen LogP contribution >= 0.6 is 22.9 Å². The highest BCUT2D eigenvalue weighted by Crippen LogP contribution is 2.44. The second-order valence-corrected chi connectivity index (χ2v) is 11.0. The van der Waals surface area contributed by atoms with Gasteiger partial charge in [-0.2, -0.15) is 5.10 Å². The highest BCUT2D eigenvalue weighted by Gasteiger charge is 2.30. The summed E-state index contributed by atoms with van der Waals surface area (Å²) in [5, 5.41) is 11.7. The maximum atomic E-state index is 12.7. The second-order valence-electron chi connectivity index (χ2n) is 9.63. The first-order valence-corrected chi connectivity index (χ1v) is 13.7. The number of aromatic nitrogens is 4. The van der Waals surface area contributed by atoms with Gasteiger partial charge in [-0.15, -0.1) is 0 Å². The molecule has 12 heteroatoms. The Morgan fingerprint density at radius 2 is 1.95 bits per heavy atom. The van der Waals surface area contributed by atoms with Crippen molar-refractivity contribution in [3.05, 3.63) is 59.0 Å². The fourth-order valence-electron chi connectivity index (χ4n) is 4.41. The third kappa shape index (κ3) is 5.65. The number of anilines is 2. The SMILES string of the molecule is CC(=O)Nc1nc2c(s1)-c1c(c(-c3cccnc3)nn1-c1ccc(NC(=O)N(C)CCN(C)C)cc1Cl)CC2. The number of carbonyl (C=O) groups is 2. The number of likely N-dealkylation sites (N-methyl/N-ethyl adjacent to an activating group) is 2. The number of fused-ring (bicyclic) bond motifs is 3. The van der Waals surface area contributed by atoms with E-state index in [1.165, 1.54) is 18.3 Å². The molecule has 0 bridgehead atoms. The molecule has 0 unspecified atom stereocenters. The van der Waals surface area contributed by atoms with Crippen LogP contribution in [0.3, 0.4) is 0 Å². The van der Waals surface area contributed by atoms with Gasteiger partial charge in [-0.1, -0.05) is 22.9 Å². The summed E-state index contributed by atoms with van der Waals surface area (Å²) in [4.78, 5) is 37.9. The molecule has 39 heavy (non-hydrogen) atoms. The van der Waals surface area contributed by atoms with Crippen LogP contribution in [-0.4, -0.2) is 75.7 Å². The van der Waals surface area contributed by atoms with Crippen molar-refractivity contribution < 1.29 is 9.59 Å². The zero-order chi connectivity index (χ0) is 27.7. The van der Waals surface area contributed by atoms with E-state index >= 15 is 0 Å². The Kier molecular flexibility index (Phi) is 7.65. The van der Waals surface area contributed by atoms with E-state index in [2.05, 4.69) is 20.6 Å². The number of carbonyl (C=O) groups excluding carboxylic acids is 2. The van der Waals surface area contributed by atoms with Gasteiger partial charge in [0, 0.05) is 56.3 Å². The number of urea groups is 1. The third-order valence-electron chi connectivity index (χ3n) is 6.38. The quantitative estimate of drug-likeness (QED) is 0.334. The van der Waals surface area contributed by atoms with Crippen LogP contribution in [0.1, 0.15) is 18.2 Å². The molecule has 4 aromatic rings. The molecule has 0 fully saturated rings. The third-order valence-corrected chi connectivity index (χ3v) is 7.70. The molecule has 1 aliphatic rings. The highest BCUT2D eigenvalue weighted by molar-refractivity contribution is 7.19. The van der Waals surface area contributed by atoms with Gasteiger partial charge in [0.1, 0.15) is 0 Å². The average Bonchev–Trinajstić information content (AvgIpc) is 3.48. The number of hydrogen-bond acceptors (Lipinski definition) is 7. The number of hydrogen-bond donors (Lipinski definition) is 2. The Morgan fingerprint density at radius 1 is 1.13 bits per heavy atom. The standard InChI is InChI=1S/C27H29ClN8O2S/c1-16(37)30-26-32-21-9-8-19-23(17-6-5-11-29-15-17)33-36(24(19)25(21)39-26)22-10-7-18(14-20(22)28)31-27(38)35(4)13-12-34(2)3/h5-7,10-11,14-15H,8-9,12-13H2,1-4H3,(H,31,38)(H,30,32,37). The Bertz CT molecular complexity index is 1530. The van der Waals surface area contributed by atoms with E-state index in [1.807, 2.05) is 47.9 Å². The maximum absolute atomic E-state index is 12.7. The summed E-state index contributed by atoms with van der Waals surface area (Å²) < 4.78 is 1.84. The van der Waals surface area contributed by atoms with Gasteiger partial charge in [0.2, 0.25) is 5.91 Å². The lowest BCUT2D eigenvalue weighted by Crippen LogP contribution is -2.36. The van der Waals surface area contributed by atoms with Gasteiger partial charge in [0.05, 0.1) is 32.7 Å². The second kappa shape index (κ2) is 11.1. The van der Waals surface area contributed by atoms with E-state index in [9.17, 15) is 9.59 Å². The summed E-state index contributed by atoms with van der Waals surface area (Å²) in [7, 11) is 5.69. The van der Waals surface area contributed by atoms with Crippen LogP contribution < -0.4 is 10.6 Å².